The number of thiophene rings is 1. The molecular weight excluding hydrogens is 344 g/mol. The highest BCUT2D eigenvalue weighted by molar-refractivity contribution is 7.98. The predicted molar refractivity (Wildman–Crippen MR) is 92.8 cm³/mol. The summed E-state index contributed by atoms with van der Waals surface area (Å²) in [5.41, 5.74) is 0.916. The van der Waals surface area contributed by atoms with Gasteiger partial charge in [-0.3, -0.25) is 0 Å². The summed E-state index contributed by atoms with van der Waals surface area (Å²) in [6.45, 7) is 0. The molecule has 0 saturated carbocycles. The van der Waals surface area contributed by atoms with E-state index in [-0.39, 0.29) is 0 Å². The van der Waals surface area contributed by atoms with Crippen LogP contribution in [0.2, 0.25) is 0 Å². The zero-order valence-electron chi connectivity index (χ0n) is 12.4. The lowest BCUT2D eigenvalue weighted by Gasteiger charge is -2.00. The molecule has 3 heterocycles. The number of thioether (sulfide) groups is 1. The molecule has 0 amide bonds. The number of nitrogen functional groups attached to an aromatic ring is 1. The molecule has 0 saturated heterocycles. The van der Waals surface area contributed by atoms with Crippen molar-refractivity contribution < 1.29 is 4.52 Å². The van der Waals surface area contributed by atoms with Gasteiger partial charge in [-0.15, -0.1) is 21.5 Å². The van der Waals surface area contributed by atoms with Crippen molar-refractivity contribution in [3.8, 4) is 22.1 Å². The fourth-order valence-electron chi connectivity index (χ4n) is 2.09. The average Bonchev–Trinajstić information content (AvgIpc) is 3.35. The molecule has 0 unspecified atom stereocenters. The number of nitrogens with two attached hydrogens (primary N) is 1. The summed E-state index contributed by atoms with van der Waals surface area (Å²) < 4.78 is 6.76. The topological polar surface area (TPSA) is 95.7 Å². The monoisotopic (exact) mass is 356 g/mol. The van der Waals surface area contributed by atoms with Gasteiger partial charge in [-0.25, -0.2) is 4.68 Å². The van der Waals surface area contributed by atoms with E-state index in [2.05, 4.69) is 20.3 Å². The van der Waals surface area contributed by atoms with Crippen molar-refractivity contribution in [2.24, 2.45) is 0 Å². The van der Waals surface area contributed by atoms with E-state index >= 15 is 0 Å². The minimum atomic E-state index is 0.472. The first-order valence-corrected chi connectivity index (χ1v) is 8.93. The number of rotatable bonds is 5. The first-order chi connectivity index (χ1) is 11.8. The Labute approximate surface area is 145 Å². The Balaban J connectivity index is 1.47. The lowest BCUT2D eigenvalue weighted by Crippen LogP contribution is -2.11. The SMILES string of the molecule is Nn1c(SCc2nc(-c3ccccc3)no2)nnc1-c1cccs1. The molecule has 0 atom stereocenters. The van der Waals surface area contributed by atoms with Crippen LogP contribution in [-0.2, 0) is 5.75 Å². The molecule has 4 rings (SSSR count). The van der Waals surface area contributed by atoms with Crippen LogP contribution in [-0.4, -0.2) is 25.0 Å². The molecule has 0 bridgehead atoms. The molecular formula is C15H12N6OS2. The molecule has 0 radical (unpaired) electrons. The molecule has 1 aromatic carbocycles. The van der Waals surface area contributed by atoms with E-state index in [1.54, 1.807) is 11.3 Å². The van der Waals surface area contributed by atoms with Crippen LogP contribution in [0.15, 0.2) is 57.5 Å². The van der Waals surface area contributed by atoms with Crippen LogP contribution in [0.4, 0.5) is 0 Å². The molecule has 0 aliphatic carbocycles. The maximum atomic E-state index is 6.07. The normalized spacial score (nSPS) is 11.0. The van der Waals surface area contributed by atoms with Gasteiger partial charge >= 0.3 is 0 Å². The second kappa shape index (κ2) is 6.46. The Hall–Kier alpha value is -2.65. The van der Waals surface area contributed by atoms with Crippen molar-refractivity contribution in [2.75, 3.05) is 5.84 Å². The summed E-state index contributed by atoms with van der Waals surface area (Å²) in [6.07, 6.45) is 0. The average molecular weight is 356 g/mol. The standard InChI is InChI=1S/C15H12N6OS2/c16-21-14(11-7-4-8-23-11)18-19-15(21)24-9-12-17-13(20-22-12)10-5-2-1-3-6-10/h1-8H,9,16H2. The van der Waals surface area contributed by atoms with Crippen molar-refractivity contribution in [3.05, 3.63) is 53.7 Å². The summed E-state index contributed by atoms with van der Waals surface area (Å²) in [5, 5.41) is 14.8. The highest BCUT2D eigenvalue weighted by Crippen LogP contribution is 2.27. The number of hydrogen-bond acceptors (Lipinski definition) is 8. The van der Waals surface area contributed by atoms with Gasteiger partial charge in [0, 0.05) is 5.56 Å². The van der Waals surface area contributed by atoms with Crippen molar-refractivity contribution in [3.63, 3.8) is 0 Å². The van der Waals surface area contributed by atoms with E-state index in [9.17, 15) is 0 Å². The molecule has 9 heteroatoms. The van der Waals surface area contributed by atoms with Gasteiger partial charge in [0.05, 0.1) is 10.6 Å². The number of aromatic nitrogens is 5. The van der Waals surface area contributed by atoms with Gasteiger partial charge in [-0.05, 0) is 11.4 Å². The summed E-state index contributed by atoms with van der Waals surface area (Å²) in [6, 6.07) is 13.6. The van der Waals surface area contributed by atoms with Gasteiger partial charge in [0.15, 0.2) is 5.82 Å². The Kier molecular flexibility index (Phi) is 4.01. The summed E-state index contributed by atoms with van der Waals surface area (Å²) in [4.78, 5) is 5.36. The van der Waals surface area contributed by atoms with E-state index in [0.29, 0.717) is 28.4 Å². The molecule has 0 aliphatic heterocycles. The largest absolute Gasteiger partial charge is 0.338 e. The first kappa shape index (κ1) is 14.9. The van der Waals surface area contributed by atoms with Crippen LogP contribution >= 0.6 is 23.1 Å². The minimum absolute atomic E-state index is 0.472. The van der Waals surface area contributed by atoms with Gasteiger partial charge in [0.1, 0.15) is 0 Å². The Bertz CT molecular complexity index is 932. The maximum absolute atomic E-state index is 6.07. The van der Waals surface area contributed by atoms with Gasteiger partial charge in [0.2, 0.25) is 16.9 Å². The molecule has 3 aromatic heterocycles. The minimum Gasteiger partial charge on any atom is -0.338 e. The summed E-state index contributed by atoms with van der Waals surface area (Å²) in [5.74, 6) is 8.26. The van der Waals surface area contributed by atoms with Crippen LogP contribution in [0.1, 0.15) is 5.89 Å². The Morgan fingerprint density at radius 3 is 2.79 bits per heavy atom. The van der Waals surface area contributed by atoms with Crippen molar-refractivity contribution >= 4 is 23.1 Å². The van der Waals surface area contributed by atoms with Crippen LogP contribution in [0.25, 0.3) is 22.1 Å². The van der Waals surface area contributed by atoms with Gasteiger partial charge in [-0.1, -0.05) is 53.3 Å². The second-order valence-electron chi connectivity index (χ2n) is 4.82. The molecule has 0 spiro atoms. The quantitative estimate of drug-likeness (QED) is 0.433. The molecule has 24 heavy (non-hydrogen) atoms. The smallest absolute Gasteiger partial charge is 0.237 e. The molecule has 0 fully saturated rings. The molecule has 4 aromatic rings. The third-order valence-corrected chi connectivity index (χ3v) is 5.02. The van der Waals surface area contributed by atoms with Gasteiger partial charge in [0.25, 0.3) is 0 Å². The van der Waals surface area contributed by atoms with E-state index in [1.807, 2.05) is 47.8 Å². The second-order valence-corrected chi connectivity index (χ2v) is 6.71. The fourth-order valence-corrected chi connectivity index (χ4v) is 3.49. The Morgan fingerprint density at radius 1 is 1.12 bits per heavy atom. The Morgan fingerprint density at radius 2 is 2.00 bits per heavy atom. The summed E-state index contributed by atoms with van der Waals surface area (Å²) >= 11 is 2.96. The molecule has 0 aliphatic rings. The van der Waals surface area contributed by atoms with E-state index in [0.717, 1.165) is 10.4 Å². The summed E-state index contributed by atoms with van der Waals surface area (Å²) in [7, 11) is 0. The van der Waals surface area contributed by atoms with Gasteiger partial charge < -0.3 is 10.4 Å². The van der Waals surface area contributed by atoms with Gasteiger partial charge in [-0.2, -0.15) is 4.98 Å². The van der Waals surface area contributed by atoms with Crippen molar-refractivity contribution in [1.29, 1.82) is 0 Å². The highest BCUT2D eigenvalue weighted by Gasteiger charge is 2.15. The fraction of sp³-hybridized carbons (Fsp3) is 0.0667. The molecule has 120 valence electrons. The lowest BCUT2D eigenvalue weighted by molar-refractivity contribution is 0.391. The van der Waals surface area contributed by atoms with Crippen LogP contribution < -0.4 is 5.84 Å². The highest BCUT2D eigenvalue weighted by atomic mass is 32.2. The molecule has 7 nitrogen and oxygen atoms in total. The van der Waals surface area contributed by atoms with Crippen LogP contribution in [0, 0.1) is 0 Å². The van der Waals surface area contributed by atoms with Crippen LogP contribution in [0.3, 0.4) is 0 Å². The van der Waals surface area contributed by atoms with Crippen molar-refractivity contribution in [1.82, 2.24) is 25.0 Å². The molecule has 2 N–H and O–H groups in total. The van der Waals surface area contributed by atoms with E-state index in [4.69, 9.17) is 10.4 Å². The third-order valence-electron chi connectivity index (χ3n) is 3.23. The van der Waals surface area contributed by atoms with Crippen LogP contribution in [0.5, 0.6) is 0 Å². The zero-order chi connectivity index (χ0) is 16.4. The number of benzene rings is 1. The number of hydrogen-bond donors (Lipinski definition) is 1. The van der Waals surface area contributed by atoms with Crippen molar-refractivity contribution in [2.45, 2.75) is 10.9 Å². The predicted octanol–water partition coefficient (Wildman–Crippen LogP) is 3.06. The number of nitrogens with zero attached hydrogens (tertiary/aromatic N) is 5. The van der Waals surface area contributed by atoms with E-state index in [1.165, 1.54) is 16.4 Å². The maximum Gasteiger partial charge on any atom is 0.237 e. The third kappa shape index (κ3) is 2.91. The first-order valence-electron chi connectivity index (χ1n) is 7.06. The zero-order valence-corrected chi connectivity index (χ0v) is 14.0. The van der Waals surface area contributed by atoms with E-state index < -0.39 is 0 Å². The lowest BCUT2D eigenvalue weighted by atomic mass is 10.2.